The van der Waals surface area contributed by atoms with E-state index in [-0.39, 0.29) is 82.3 Å². The maximum atomic E-state index is 12.9. The van der Waals surface area contributed by atoms with Gasteiger partial charge in [-0.3, -0.25) is 56.9 Å². The van der Waals surface area contributed by atoms with Crippen molar-refractivity contribution in [3.8, 4) is 63.4 Å². The Morgan fingerprint density at radius 3 is 0.993 bits per heavy atom. The average Bonchev–Trinajstić information content (AvgIpc) is 1.68. The Balaban J connectivity index is 0.000000153. The van der Waals surface area contributed by atoms with Gasteiger partial charge in [0, 0.05) is 100 Å². The topological polar surface area (TPSA) is 279 Å². The van der Waals surface area contributed by atoms with Crippen LogP contribution in [-0.2, 0) is 85.9 Å². The number of carbonyl (C=O) groups excluding carboxylic acids is 6. The molecule has 143 heavy (non-hydrogen) atoms. The fraction of sp³-hybridized carbons (Fsp3) is 0.391. The summed E-state index contributed by atoms with van der Waals surface area (Å²) < 4.78 is 236. The van der Waals surface area contributed by atoms with E-state index in [1.165, 1.54) is 66.5 Å². The van der Waals surface area contributed by atoms with Gasteiger partial charge < -0.3 is 40.7 Å². The second-order valence-electron chi connectivity index (χ2n) is 32.8. The van der Waals surface area contributed by atoms with Crippen LogP contribution in [0.4, 0.5) is 79.0 Å². The van der Waals surface area contributed by atoms with E-state index in [1.54, 1.807) is 99.3 Å². The number of thiophene rings is 6. The molecule has 1 unspecified atom stereocenters. The smallest absolute Gasteiger partial charge is 0.394 e. The number of amides is 6. The summed E-state index contributed by atoms with van der Waals surface area (Å²) in [5.41, 5.74) is -0.396. The Hall–Kier alpha value is -11.8. The number of nitrogens with one attached hydrogen (secondary N) is 3. The molecule has 0 aliphatic carbocycles. The minimum Gasteiger partial charge on any atom is -0.394 e. The Morgan fingerprint density at radius 1 is 0.378 bits per heavy atom. The average molecular weight is 2150 g/mol. The van der Waals surface area contributed by atoms with Crippen LogP contribution in [0.2, 0.25) is 0 Å². The zero-order valence-corrected chi connectivity index (χ0v) is 83.4. The van der Waals surface area contributed by atoms with Crippen LogP contribution < -0.4 is 16.0 Å². The van der Waals surface area contributed by atoms with Crippen molar-refractivity contribution in [1.82, 2.24) is 94.2 Å². The highest BCUT2D eigenvalue weighted by Crippen LogP contribution is 2.43. The number of rotatable bonds is 23. The second-order valence-corrected chi connectivity index (χ2v) is 40.7. The lowest BCUT2D eigenvalue weighted by Gasteiger charge is -2.30. The van der Waals surface area contributed by atoms with Gasteiger partial charge in [-0.2, -0.15) is 121 Å². The van der Waals surface area contributed by atoms with Gasteiger partial charge in [-0.25, -0.2) is 0 Å². The molecular weight excluding hydrogens is 2050 g/mol. The largest absolute Gasteiger partial charge is 0.433 e. The molecular formula is C92H95F18N19O7S7. The predicted molar refractivity (Wildman–Crippen MR) is 511 cm³/mol. The molecule has 1 aromatic carbocycles. The molecule has 768 valence electrons. The SMILES string of the molecule is CCSCCNC(=O)c1ccc(-c2cc(C(F)(F)F)n(C)n2)s1.Cc1cc(C)cc(CNC(=O)c2ccc(-c3cc(C(F)(F)F)n(C)n3)s2)c1.Cn1nc(-c2ccc(C(=O)N3CC=CC3)s2)cc1C(F)(F)F.Cn1nc(-c2ccc(C(=O)N3CCC3)s2)cc1C(F)(F)F.Cn1nc(-c2ccc(C(=O)N3CCCC3CO)s2)cc1C(F)(F)F.Cn1nc(-c2ccc(C(=O)NCCCN3CCCC3)s2)cc1C(F)(F)F. The van der Waals surface area contributed by atoms with Gasteiger partial charge in [-0.15, -0.1) is 68.0 Å². The number of hydrogen-bond acceptors (Lipinski definition) is 21. The Kier molecular flexibility index (Phi) is 36.1. The molecule has 4 N–H and O–H groups in total. The molecule has 12 aromatic heterocycles. The van der Waals surface area contributed by atoms with Gasteiger partial charge in [0.1, 0.15) is 68.3 Å². The van der Waals surface area contributed by atoms with Crippen LogP contribution in [0.3, 0.4) is 0 Å². The summed E-state index contributed by atoms with van der Waals surface area (Å²) in [4.78, 5) is 86.7. The van der Waals surface area contributed by atoms with Gasteiger partial charge >= 0.3 is 37.1 Å². The van der Waals surface area contributed by atoms with Gasteiger partial charge in [0.2, 0.25) is 0 Å². The third-order valence-electron chi connectivity index (χ3n) is 22.2. The number of halogens is 18. The first-order chi connectivity index (χ1) is 67.3. The Labute approximate surface area is 835 Å². The molecule has 16 heterocycles. The Bertz CT molecular complexity index is 6590. The van der Waals surface area contributed by atoms with Gasteiger partial charge in [0.05, 0.1) is 71.2 Å². The number of carbonyl (C=O) groups is 6. The van der Waals surface area contributed by atoms with E-state index in [0.717, 1.165) is 208 Å². The molecule has 0 spiro atoms. The first-order valence-electron chi connectivity index (χ1n) is 44.0. The molecule has 1 atom stereocenters. The van der Waals surface area contributed by atoms with Crippen molar-refractivity contribution in [3.63, 3.8) is 0 Å². The number of thioether (sulfide) groups is 1. The zero-order chi connectivity index (χ0) is 104. The highest BCUT2D eigenvalue weighted by atomic mass is 32.2. The first kappa shape index (κ1) is 110. The van der Waals surface area contributed by atoms with Crippen LogP contribution in [0, 0.1) is 13.8 Å². The van der Waals surface area contributed by atoms with Crippen LogP contribution >= 0.6 is 79.8 Å². The highest BCUT2D eigenvalue weighted by molar-refractivity contribution is 7.99. The molecule has 6 amide bonds. The van der Waals surface area contributed by atoms with E-state index >= 15 is 0 Å². The Morgan fingerprint density at radius 2 is 0.685 bits per heavy atom. The molecule has 0 bridgehead atoms. The number of hydrogen-bond donors (Lipinski definition) is 4. The molecule has 26 nitrogen and oxygen atoms in total. The van der Waals surface area contributed by atoms with Crippen LogP contribution in [0.15, 0.2) is 140 Å². The number of alkyl halides is 18. The summed E-state index contributed by atoms with van der Waals surface area (Å²) in [6.45, 7) is 13.9. The van der Waals surface area contributed by atoms with Gasteiger partial charge in [0.15, 0.2) is 0 Å². The van der Waals surface area contributed by atoms with E-state index in [4.69, 9.17) is 0 Å². The number of nitrogens with zero attached hydrogens (tertiary/aromatic N) is 16. The van der Waals surface area contributed by atoms with Crippen LogP contribution in [0.5, 0.6) is 0 Å². The number of benzene rings is 1. The summed E-state index contributed by atoms with van der Waals surface area (Å²) >= 11 is 8.54. The summed E-state index contributed by atoms with van der Waals surface area (Å²) in [6.07, 6.45) is -16.9. The number of aryl methyl sites for hydroxylation is 8. The molecule has 4 aliphatic heterocycles. The molecule has 13 aromatic rings. The van der Waals surface area contributed by atoms with Crippen molar-refractivity contribution in [2.24, 2.45) is 42.3 Å². The van der Waals surface area contributed by atoms with Crippen LogP contribution in [-0.4, -0.2) is 208 Å². The van der Waals surface area contributed by atoms with Crippen molar-refractivity contribution in [2.45, 2.75) is 109 Å². The van der Waals surface area contributed by atoms with Crippen molar-refractivity contribution in [2.75, 3.05) is 83.6 Å². The normalized spacial score (nSPS) is 14.5. The van der Waals surface area contributed by atoms with Crippen molar-refractivity contribution in [1.29, 1.82) is 0 Å². The lowest BCUT2D eigenvalue weighted by Crippen LogP contribution is -2.41. The maximum absolute atomic E-state index is 12.9. The predicted octanol–water partition coefficient (Wildman–Crippen LogP) is 20.7. The zero-order valence-electron chi connectivity index (χ0n) is 77.7. The highest BCUT2D eigenvalue weighted by Gasteiger charge is 2.42. The molecule has 17 rings (SSSR count). The maximum Gasteiger partial charge on any atom is 0.433 e. The summed E-state index contributed by atoms with van der Waals surface area (Å²) in [6, 6.07) is 31.2. The number of aliphatic hydroxyl groups is 1. The van der Waals surface area contributed by atoms with Gasteiger partial charge in [-0.1, -0.05) is 48.4 Å². The van der Waals surface area contributed by atoms with E-state index in [1.807, 2.05) is 45.1 Å². The van der Waals surface area contributed by atoms with E-state index in [2.05, 4.69) is 57.5 Å². The lowest BCUT2D eigenvalue weighted by molar-refractivity contribution is -0.144. The standard InChI is InChI=1S/C19H18F3N3OS.C17H21F3N4OS.C15H16F3N3O2S.C14H16F3N3OS2.C14H12F3N3OS.C13H12F3N3OS/c1-11-6-12(2)8-13(7-11)10-23-18(26)16-5-4-15(27-16)14-9-17(19(20,21)22)25(3)24-14;1-23-15(17(18,19)20)11-12(22-23)13-5-6-14(26-13)16(25)21-7-4-10-24-8-2-3-9-24;1-20-13(15(16,17)18)7-10(19-20)11-4-5-12(24-11)14(23)21-6-2-3-9(21)8-22;1-3-22-7-6-18-13(21)11-5-4-10(23-11)9-8-12(14(15,16)17)20(2)19-9;1-19-12(14(15,16)17)8-9(18-19)10-4-5-11(22-10)13(21)20-6-2-3-7-20;1-18-11(13(14,15)16)7-8(17-18)9-3-4-10(21-9)12(20)19-5-2-6-19/h4-9H,10H2,1-3H3,(H,23,26);5-6,11H,2-4,7-10H2,1H3,(H,21,25);4-5,7,9,22H,2-3,6,8H2,1H3;4-5,8H,3,6-7H2,1-2H3,(H,18,21);2-5,8H,6-7H2,1H3;3-4,7H,2,5-6H2,1H3. The molecule has 3 saturated heterocycles. The van der Waals surface area contributed by atoms with Gasteiger partial charge in [0.25, 0.3) is 35.4 Å². The third kappa shape index (κ3) is 28.9. The molecule has 0 radical (unpaired) electrons. The third-order valence-corrected chi connectivity index (χ3v) is 29.7. The first-order valence-corrected chi connectivity index (χ1v) is 50.0. The molecule has 51 heteroatoms. The van der Waals surface area contributed by atoms with Crippen LogP contribution in [0.25, 0.3) is 63.4 Å². The fourth-order valence-electron chi connectivity index (χ4n) is 15.1. The number of likely N-dealkylation sites (tertiary alicyclic amines) is 3. The number of aromatic nitrogens is 12. The van der Waals surface area contributed by atoms with E-state index < -0.39 is 71.2 Å². The van der Waals surface area contributed by atoms with Crippen molar-refractivity contribution in [3.05, 3.63) is 220 Å². The second kappa shape index (κ2) is 47.0. The van der Waals surface area contributed by atoms with Crippen molar-refractivity contribution >= 4 is 115 Å². The fourth-order valence-corrected chi connectivity index (χ4v) is 21.0. The van der Waals surface area contributed by atoms with Crippen molar-refractivity contribution < 1.29 is 113 Å². The van der Waals surface area contributed by atoms with E-state index in [9.17, 15) is 113 Å². The summed E-state index contributed by atoms with van der Waals surface area (Å²) in [5.74, 6) is 0.750. The summed E-state index contributed by atoms with van der Waals surface area (Å²) in [5, 5.41) is 41.2. The molecule has 4 aliphatic rings. The minimum absolute atomic E-state index is 0.0653. The minimum atomic E-state index is -4.47. The monoisotopic (exact) mass is 2140 g/mol. The number of aliphatic hydroxyl groups excluding tert-OH is 1. The van der Waals surface area contributed by atoms with Crippen LogP contribution in [0.1, 0.15) is 154 Å². The molecule has 3 fully saturated rings. The van der Waals surface area contributed by atoms with Gasteiger partial charge in [-0.05, 0) is 193 Å². The molecule has 0 saturated carbocycles. The quantitative estimate of drug-likeness (QED) is 0.0263. The van der Waals surface area contributed by atoms with E-state index in [0.29, 0.717) is 97.8 Å². The lowest BCUT2D eigenvalue weighted by atomic mass is 10.1. The summed E-state index contributed by atoms with van der Waals surface area (Å²) in [7, 11) is 7.50.